The zero-order chi connectivity index (χ0) is 26.2. The van der Waals surface area contributed by atoms with Gasteiger partial charge in [-0.05, 0) is 36.9 Å². The van der Waals surface area contributed by atoms with Crippen molar-refractivity contribution in [3.8, 4) is 5.82 Å². The molecule has 3 aromatic heterocycles. The molecular formula is C29H35N7O. The molecule has 0 radical (unpaired) electrons. The van der Waals surface area contributed by atoms with Gasteiger partial charge in [-0.15, -0.1) is 6.58 Å². The van der Waals surface area contributed by atoms with Crippen LogP contribution in [-0.2, 0) is 18.4 Å². The highest BCUT2D eigenvalue weighted by Gasteiger charge is 2.21. The predicted molar refractivity (Wildman–Crippen MR) is 149 cm³/mol. The van der Waals surface area contributed by atoms with Gasteiger partial charge in [-0.1, -0.05) is 45.0 Å². The highest BCUT2D eigenvalue weighted by Crippen LogP contribution is 2.23. The zero-order valence-electron chi connectivity index (χ0n) is 22.2. The van der Waals surface area contributed by atoms with Crippen LogP contribution in [0.25, 0.3) is 16.9 Å². The summed E-state index contributed by atoms with van der Waals surface area (Å²) in [5, 5.41) is 0.471. The lowest BCUT2D eigenvalue weighted by Gasteiger charge is -2.34. The molecule has 0 N–H and O–H groups in total. The Kier molecular flexibility index (Phi) is 6.69. The molecule has 1 aliphatic heterocycles. The van der Waals surface area contributed by atoms with Gasteiger partial charge in [0.2, 0.25) is 0 Å². The number of aromatic nitrogens is 5. The monoisotopic (exact) mass is 497 g/mol. The number of fused-ring (bicyclic) bond motifs is 1. The summed E-state index contributed by atoms with van der Waals surface area (Å²) in [6.07, 6.45) is 3.93. The number of piperazine rings is 1. The third kappa shape index (κ3) is 5.06. The van der Waals surface area contributed by atoms with Crippen molar-refractivity contribution in [2.24, 2.45) is 0 Å². The van der Waals surface area contributed by atoms with E-state index in [0.717, 1.165) is 37.4 Å². The van der Waals surface area contributed by atoms with Crippen molar-refractivity contribution >= 4 is 16.7 Å². The normalized spacial score (nSPS) is 14.9. The molecule has 1 aromatic carbocycles. The predicted octanol–water partition coefficient (Wildman–Crippen LogP) is 3.80. The Balaban J connectivity index is 1.50. The molecule has 1 saturated heterocycles. The van der Waals surface area contributed by atoms with E-state index in [0.29, 0.717) is 35.6 Å². The summed E-state index contributed by atoms with van der Waals surface area (Å²) >= 11 is 0. The van der Waals surface area contributed by atoms with Crippen molar-refractivity contribution in [1.82, 2.24) is 29.2 Å². The van der Waals surface area contributed by atoms with E-state index < -0.39 is 0 Å². The van der Waals surface area contributed by atoms with Gasteiger partial charge >= 0.3 is 0 Å². The lowest BCUT2D eigenvalue weighted by molar-refractivity contribution is 0.313. The van der Waals surface area contributed by atoms with E-state index in [2.05, 4.69) is 73.4 Å². The molecular weight excluding hydrogens is 462 g/mol. The first-order valence-electron chi connectivity index (χ1n) is 12.8. The van der Waals surface area contributed by atoms with Crippen LogP contribution in [-0.4, -0.2) is 62.4 Å². The van der Waals surface area contributed by atoms with Gasteiger partial charge in [0.05, 0.1) is 6.54 Å². The van der Waals surface area contributed by atoms with Crippen LogP contribution in [0.3, 0.4) is 0 Å². The van der Waals surface area contributed by atoms with Crippen molar-refractivity contribution in [2.75, 3.05) is 38.1 Å². The van der Waals surface area contributed by atoms with Crippen LogP contribution in [0.1, 0.15) is 37.9 Å². The number of allylic oxidation sites excluding steroid dienone is 1. The smallest absolute Gasteiger partial charge is 0.278 e. The van der Waals surface area contributed by atoms with Gasteiger partial charge < -0.3 is 9.80 Å². The molecule has 0 saturated carbocycles. The summed E-state index contributed by atoms with van der Waals surface area (Å²) in [4.78, 5) is 32.3. The highest BCUT2D eigenvalue weighted by molar-refractivity contribution is 5.75. The zero-order valence-corrected chi connectivity index (χ0v) is 22.2. The summed E-state index contributed by atoms with van der Waals surface area (Å²) < 4.78 is 3.42. The van der Waals surface area contributed by atoms with E-state index in [4.69, 9.17) is 9.97 Å². The van der Waals surface area contributed by atoms with Gasteiger partial charge in [-0.3, -0.25) is 4.79 Å². The van der Waals surface area contributed by atoms with E-state index in [1.807, 2.05) is 18.2 Å². The maximum Gasteiger partial charge on any atom is 0.278 e. The molecule has 0 unspecified atom stereocenters. The average Bonchev–Trinajstić information content (AvgIpc) is 3.15. The molecule has 0 bridgehead atoms. The summed E-state index contributed by atoms with van der Waals surface area (Å²) in [5.74, 6) is 1.32. The molecule has 0 spiro atoms. The first-order chi connectivity index (χ1) is 17.7. The third-order valence-corrected chi connectivity index (χ3v) is 6.91. The van der Waals surface area contributed by atoms with Crippen molar-refractivity contribution in [1.29, 1.82) is 0 Å². The van der Waals surface area contributed by atoms with Crippen LogP contribution in [0, 0.1) is 0 Å². The van der Waals surface area contributed by atoms with Crippen molar-refractivity contribution in [3.63, 3.8) is 0 Å². The Hall–Kier alpha value is -3.78. The second-order valence-corrected chi connectivity index (χ2v) is 10.8. The molecule has 0 amide bonds. The number of pyridine rings is 1. The number of anilines is 1. The first-order valence-corrected chi connectivity index (χ1v) is 12.8. The summed E-state index contributed by atoms with van der Waals surface area (Å²) in [6, 6.07) is 14.5. The minimum Gasteiger partial charge on any atom is -0.369 e. The molecule has 8 heteroatoms. The van der Waals surface area contributed by atoms with Crippen molar-refractivity contribution < 1.29 is 0 Å². The number of nitrogens with zero attached hydrogens (tertiary/aromatic N) is 7. The van der Waals surface area contributed by atoms with Crippen LogP contribution in [0.2, 0.25) is 0 Å². The number of hydrogen-bond donors (Lipinski definition) is 0. The topological polar surface area (TPSA) is 72.1 Å². The Morgan fingerprint density at radius 1 is 1.00 bits per heavy atom. The van der Waals surface area contributed by atoms with Gasteiger partial charge in [0.25, 0.3) is 5.56 Å². The van der Waals surface area contributed by atoms with E-state index in [1.165, 1.54) is 5.69 Å². The minimum atomic E-state index is -0.152. The van der Waals surface area contributed by atoms with Crippen LogP contribution in [0.5, 0.6) is 0 Å². The van der Waals surface area contributed by atoms with Crippen LogP contribution in [0.4, 0.5) is 5.69 Å². The number of likely N-dealkylation sites (N-methyl/N-ethyl adjacent to an activating group) is 1. The Morgan fingerprint density at radius 3 is 2.41 bits per heavy atom. The number of rotatable bonds is 6. The first kappa shape index (κ1) is 24.9. The molecule has 192 valence electrons. The van der Waals surface area contributed by atoms with Gasteiger partial charge in [-0.25, -0.2) is 24.3 Å². The largest absolute Gasteiger partial charge is 0.369 e. The second kappa shape index (κ2) is 9.94. The molecule has 8 nitrogen and oxygen atoms in total. The molecule has 1 fully saturated rings. The highest BCUT2D eigenvalue weighted by atomic mass is 16.1. The Bertz CT molecular complexity index is 1470. The van der Waals surface area contributed by atoms with Crippen LogP contribution >= 0.6 is 0 Å². The summed E-state index contributed by atoms with van der Waals surface area (Å²) in [7, 11) is 2.17. The van der Waals surface area contributed by atoms with E-state index in [-0.39, 0.29) is 11.0 Å². The molecule has 0 atom stereocenters. The average molecular weight is 498 g/mol. The summed E-state index contributed by atoms with van der Waals surface area (Å²) in [6.45, 7) is 14.8. The molecule has 4 aromatic rings. The Morgan fingerprint density at radius 2 is 1.73 bits per heavy atom. The van der Waals surface area contributed by atoms with Gasteiger partial charge in [0.1, 0.15) is 11.2 Å². The van der Waals surface area contributed by atoms with Gasteiger partial charge in [-0.2, -0.15) is 0 Å². The van der Waals surface area contributed by atoms with E-state index in [1.54, 1.807) is 21.6 Å². The molecule has 4 heterocycles. The Labute approximate surface area is 217 Å². The van der Waals surface area contributed by atoms with Crippen LogP contribution in [0.15, 0.2) is 66.1 Å². The lowest BCUT2D eigenvalue weighted by Crippen LogP contribution is -2.44. The van der Waals surface area contributed by atoms with E-state index in [9.17, 15) is 4.79 Å². The number of benzene rings is 1. The molecule has 1 aliphatic rings. The molecule has 0 aliphatic carbocycles. The standard InChI is InChI=1S/C29H35N7O/c1-6-14-35-28(37)23-20-30-25(19-21-10-12-22(13-11-21)34-17-15-33(5)16-18-34)32-27(23)36(35)26-9-7-8-24(31-26)29(2,3)4/h6-13,20H,1,14-19H2,2-5H3. The van der Waals surface area contributed by atoms with Crippen molar-refractivity contribution in [2.45, 2.75) is 39.2 Å². The fraction of sp³-hybridized carbons (Fsp3) is 0.379. The fourth-order valence-electron chi connectivity index (χ4n) is 4.70. The van der Waals surface area contributed by atoms with E-state index >= 15 is 0 Å². The SMILES string of the molecule is C=CCn1c(=O)c2cnc(Cc3ccc(N4CCN(C)CC4)cc3)nc2n1-c1cccc(C(C)(C)C)n1. The van der Waals surface area contributed by atoms with Crippen molar-refractivity contribution in [3.05, 3.63) is 88.8 Å². The van der Waals surface area contributed by atoms with Crippen LogP contribution < -0.4 is 10.5 Å². The number of hydrogen-bond acceptors (Lipinski definition) is 6. The van der Waals surface area contributed by atoms with Gasteiger partial charge in [0, 0.05) is 55.6 Å². The second-order valence-electron chi connectivity index (χ2n) is 10.8. The minimum absolute atomic E-state index is 0.126. The maximum atomic E-state index is 13.3. The molecule has 37 heavy (non-hydrogen) atoms. The lowest BCUT2D eigenvalue weighted by atomic mass is 9.92. The fourth-order valence-corrected chi connectivity index (χ4v) is 4.70. The molecule has 5 rings (SSSR count). The summed E-state index contributed by atoms with van der Waals surface area (Å²) in [5.41, 5.74) is 3.60. The maximum absolute atomic E-state index is 13.3. The van der Waals surface area contributed by atoms with Gasteiger partial charge in [0.15, 0.2) is 11.5 Å². The quantitative estimate of drug-likeness (QED) is 0.378. The third-order valence-electron chi connectivity index (χ3n) is 6.91.